The minimum atomic E-state index is -1.13. The predicted octanol–water partition coefficient (Wildman–Crippen LogP) is 3.52. The Kier molecular flexibility index (Phi) is 9.21. The fourth-order valence-corrected chi connectivity index (χ4v) is 4.87. The van der Waals surface area contributed by atoms with Crippen LogP contribution in [0, 0.1) is 3.57 Å². The Morgan fingerprint density at radius 1 is 1.11 bits per heavy atom. The number of amides is 4. The number of carbonyl (C=O) groups excluding carboxylic acids is 3. The number of carbonyl (C=O) groups is 3. The Bertz CT molecular complexity index is 1310. The van der Waals surface area contributed by atoms with Crippen LogP contribution in [0.25, 0.3) is 0 Å². The second kappa shape index (κ2) is 12.6. The highest BCUT2D eigenvalue weighted by molar-refractivity contribution is 14.1. The first-order chi connectivity index (χ1) is 18.3. The first kappa shape index (κ1) is 27.8. The summed E-state index contributed by atoms with van der Waals surface area (Å²) in [7, 11) is 0. The quantitative estimate of drug-likeness (QED) is 0.197. The molecule has 3 atom stereocenters. The zero-order chi connectivity index (χ0) is 27.2. The van der Waals surface area contributed by atoms with Crippen molar-refractivity contribution in [3.63, 3.8) is 0 Å². The van der Waals surface area contributed by atoms with Gasteiger partial charge in [-0.2, -0.15) is 0 Å². The van der Waals surface area contributed by atoms with Gasteiger partial charge in [-0.25, -0.2) is 9.69 Å². The van der Waals surface area contributed by atoms with Gasteiger partial charge in [0, 0.05) is 9.99 Å². The molecule has 1 aliphatic heterocycles. The van der Waals surface area contributed by atoms with E-state index in [9.17, 15) is 19.5 Å². The van der Waals surface area contributed by atoms with E-state index in [0.717, 1.165) is 14.0 Å². The number of aliphatic hydroxyl groups excluding tert-OH is 2. The van der Waals surface area contributed by atoms with Gasteiger partial charge in [0.1, 0.15) is 30.5 Å². The summed E-state index contributed by atoms with van der Waals surface area (Å²) < 4.78 is 6.29. The predicted molar refractivity (Wildman–Crippen MR) is 150 cm³/mol. The van der Waals surface area contributed by atoms with E-state index in [1.807, 2.05) is 30.3 Å². The molecule has 0 saturated carbocycles. The summed E-state index contributed by atoms with van der Waals surface area (Å²) in [6.45, 7) is -0.520. The van der Waals surface area contributed by atoms with Crippen LogP contribution in [0.5, 0.6) is 5.75 Å². The van der Waals surface area contributed by atoms with Gasteiger partial charge in [-0.1, -0.05) is 54.1 Å². The van der Waals surface area contributed by atoms with Crippen LogP contribution in [-0.2, 0) is 16.0 Å². The minimum absolute atomic E-state index is 0.0937. The van der Waals surface area contributed by atoms with Gasteiger partial charge < -0.3 is 25.6 Å². The van der Waals surface area contributed by atoms with Crippen LogP contribution in [0.3, 0.4) is 0 Å². The molecule has 1 aliphatic rings. The van der Waals surface area contributed by atoms with Crippen LogP contribution in [0.1, 0.15) is 17.2 Å². The van der Waals surface area contributed by atoms with Gasteiger partial charge in [-0.3, -0.25) is 9.59 Å². The second-order valence-corrected chi connectivity index (χ2v) is 10.3. The molecule has 1 heterocycles. The molecular weight excluding hydrogens is 625 g/mol. The summed E-state index contributed by atoms with van der Waals surface area (Å²) >= 11 is 8.41. The molecule has 3 aromatic carbocycles. The summed E-state index contributed by atoms with van der Waals surface area (Å²) in [5, 5.41) is 24.1. The van der Waals surface area contributed by atoms with E-state index in [1.165, 1.54) is 0 Å². The zero-order valence-electron chi connectivity index (χ0n) is 20.0. The first-order valence-electron chi connectivity index (χ1n) is 11.7. The lowest BCUT2D eigenvalue weighted by atomic mass is 10.0. The normalized spacial score (nSPS) is 16.6. The molecule has 3 aromatic rings. The number of imide groups is 1. The molecule has 38 heavy (non-hydrogen) atoms. The fraction of sp³-hybridized carbons (Fsp3) is 0.222. The third-order valence-electron chi connectivity index (χ3n) is 5.91. The van der Waals surface area contributed by atoms with Crippen LogP contribution < -0.4 is 15.4 Å². The molecule has 4 N–H and O–H groups in total. The number of urea groups is 1. The number of nitrogens with zero attached hydrogens (tertiary/aromatic N) is 1. The maximum atomic E-state index is 13.5. The monoisotopic (exact) mass is 649 g/mol. The van der Waals surface area contributed by atoms with Crippen LogP contribution >= 0.6 is 34.2 Å². The van der Waals surface area contributed by atoms with Crippen molar-refractivity contribution in [1.82, 2.24) is 10.2 Å². The van der Waals surface area contributed by atoms with Gasteiger partial charge in [0.15, 0.2) is 0 Å². The van der Waals surface area contributed by atoms with Crippen molar-refractivity contribution in [2.45, 2.75) is 24.6 Å². The lowest BCUT2D eigenvalue weighted by Gasteiger charge is -2.25. The van der Waals surface area contributed by atoms with E-state index < -0.39 is 42.6 Å². The summed E-state index contributed by atoms with van der Waals surface area (Å²) in [6, 6.07) is 17.9. The first-order valence-corrected chi connectivity index (χ1v) is 13.2. The van der Waals surface area contributed by atoms with Crippen molar-refractivity contribution in [3.8, 4) is 5.75 Å². The lowest BCUT2D eigenvalue weighted by molar-refractivity contribution is -0.134. The SMILES string of the molecule is O=C(Nc1ccc(I)cc1Cl)[C@H](Cc1ccccc1)N1C(=O)N[C@H](c2ccc(OC[C@H](O)CO)cc2)C1=O. The Hall–Kier alpha value is -3.19. The van der Waals surface area contributed by atoms with Gasteiger partial charge in [0.2, 0.25) is 5.91 Å². The largest absolute Gasteiger partial charge is 0.491 e. The smallest absolute Gasteiger partial charge is 0.325 e. The highest BCUT2D eigenvalue weighted by atomic mass is 127. The number of hydrogen-bond donors (Lipinski definition) is 4. The van der Waals surface area contributed by atoms with Crippen molar-refractivity contribution in [1.29, 1.82) is 0 Å². The lowest BCUT2D eigenvalue weighted by Crippen LogP contribution is -2.49. The van der Waals surface area contributed by atoms with Crippen LogP contribution in [0.2, 0.25) is 5.02 Å². The molecular formula is C27H25ClIN3O6. The highest BCUT2D eigenvalue weighted by Crippen LogP contribution is 2.29. The molecule has 0 bridgehead atoms. The van der Waals surface area contributed by atoms with E-state index in [4.69, 9.17) is 21.4 Å². The topological polar surface area (TPSA) is 128 Å². The highest BCUT2D eigenvalue weighted by Gasteiger charge is 2.45. The van der Waals surface area contributed by atoms with Gasteiger partial charge in [-0.15, -0.1) is 0 Å². The molecule has 0 aliphatic carbocycles. The third kappa shape index (κ3) is 6.62. The molecule has 0 unspecified atom stereocenters. The summed E-state index contributed by atoms with van der Waals surface area (Å²) in [4.78, 5) is 41.0. The van der Waals surface area contributed by atoms with Crippen LogP contribution in [-0.4, -0.2) is 58.3 Å². The van der Waals surface area contributed by atoms with Crippen molar-refractivity contribution >= 4 is 57.7 Å². The summed E-state index contributed by atoms with van der Waals surface area (Å²) in [5.41, 5.74) is 1.65. The van der Waals surface area contributed by atoms with E-state index in [0.29, 0.717) is 22.0 Å². The molecule has 11 heteroatoms. The van der Waals surface area contributed by atoms with Gasteiger partial charge in [0.25, 0.3) is 5.91 Å². The summed E-state index contributed by atoms with van der Waals surface area (Å²) in [5.74, 6) is -0.693. The second-order valence-electron chi connectivity index (χ2n) is 8.63. The molecule has 4 rings (SSSR count). The van der Waals surface area contributed by atoms with Crippen LogP contribution in [0.15, 0.2) is 72.8 Å². The maximum absolute atomic E-state index is 13.5. The number of nitrogens with one attached hydrogen (secondary N) is 2. The molecule has 198 valence electrons. The van der Waals surface area contributed by atoms with Gasteiger partial charge in [-0.05, 0) is 64.0 Å². The molecule has 4 amide bonds. The standard InChI is InChI=1S/C27H25ClIN3O6/c28-21-13-18(29)8-11-22(21)30-25(35)23(12-16-4-2-1-3-5-16)32-26(36)24(31-27(32)37)17-6-9-20(10-7-17)38-15-19(34)14-33/h1-11,13,19,23-24,33-34H,12,14-15H2,(H,30,35)(H,31,37)/t19-,23+,24-/m1/s1. The molecule has 1 fully saturated rings. The van der Waals surface area contributed by atoms with Crippen LogP contribution in [0.4, 0.5) is 10.5 Å². The molecule has 9 nitrogen and oxygen atoms in total. The molecule has 0 aromatic heterocycles. The average molecular weight is 650 g/mol. The van der Waals surface area contributed by atoms with Gasteiger partial charge >= 0.3 is 6.03 Å². The fourth-order valence-electron chi connectivity index (χ4n) is 3.96. The number of rotatable bonds is 10. The van der Waals surface area contributed by atoms with E-state index in [2.05, 4.69) is 33.2 Å². The summed E-state index contributed by atoms with van der Waals surface area (Å²) in [6.07, 6.45) is -0.901. The Labute approximate surface area is 237 Å². The van der Waals surface area contributed by atoms with Crippen molar-refractivity contribution < 1.29 is 29.3 Å². The number of benzene rings is 3. The van der Waals surface area contributed by atoms with Crippen molar-refractivity contribution in [2.75, 3.05) is 18.5 Å². The van der Waals surface area contributed by atoms with Gasteiger partial charge in [0.05, 0.1) is 17.3 Å². The number of anilines is 1. The zero-order valence-corrected chi connectivity index (χ0v) is 22.9. The average Bonchev–Trinajstić information content (AvgIpc) is 3.21. The Morgan fingerprint density at radius 3 is 2.47 bits per heavy atom. The molecule has 0 spiro atoms. The number of ether oxygens (including phenoxy) is 1. The number of hydrogen-bond acceptors (Lipinski definition) is 6. The number of aliphatic hydroxyl groups is 2. The van der Waals surface area contributed by atoms with E-state index >= 15 is 0 Å². The molecule has 0 radical (unpaired) electrons. The van der Waals surface area contributed by atoms with Crippen molar-refractivity contribution in [2.24, 2.45) is 0 Å². The third-order valence-corrected chi connectivity index (χ3v) is 6.90. The number of halogens is 2. The maximum Gasteiger partial charge on any atom is 0.325 e. The van der Waals surface area contributed by atoms with Crippen molar-refractivity contribution in [3.05, 3.63) is 92.5 Å². The Balaban J connectivity index is 1.56. The Morgan fingerprint density at radius 2 is 1.82 bits per heavy atom. The van der Waals surface area contributed by atoms with E-state index in [-0.39, 0.29) is 13.0 Å². The van der Waals surface area contributed by atoms with E-state index in [1.54, 1.807) is 42.5 Å². The molecule has 1 saturated heterocycles. The minimum Gasteiger partial charge on any atom is -0.491 e.